The molecule has 0 bridgehead atoms. The molecule has 0 rings (SSSR count). The Bertz CT molecular complexity index is 126. The summed E-state index contributed by atoms with van der Waals surface area (Å²) in [6.45, 7) is 4.04. The number of ether oxygens (including phenoxy) is 2. The van der Waals surface area contributed by atoms with Crippen molar-refractivity contribution < 1.29 is 14.0 Å². The first-order chi connectivity index (χ1) is 6.56. The lowest BCUT2D eigenvalue weighted by Gasteiger charge is -2.23. The summed E-state index contributed by atoms with van der Waals surface area (Å²) < 4.78 is 11.7. The van der Waals surface area contributed by atoms with Gasteiger partial charge in [-0.05, 0) is 12.2 Å². The molecule has 0 aromatic rings. The van der Waals surface area contributed by atoms with Crippen LogP contribution in [0.4, 0.5) is 0 Å². The van der Waals surface area contributed by atoms with Crippen molar-refractivity contribution >= 4 is 12.6 Å². The van der Waals surface area contributed by atoms with E-state index in [0.717, 1.165) is 36.4 Å². The van der Waals surface area contributed by atoms with Gasteiger partial charge in [0.2, 0.25) is 0 Å². The van der Waals surface area contributed by atoms with E-state index in [1.807, 2.05) is 0 Å². The zero-order valence-corrected chi connectivity index (χ0v) is 10.6. The Morgan fingerprint density at radius 2 is 1.50 bits per heavy atom. The molecule has 0 saturated heterocycles. The van der Waals surface area contributed by atoms with E-state index in [1.165, 1.54) is 0 Å². The highest BCUT2D eigenvalue weighted by molar-refractivity contribution is 7.80. The standard InChI is InChI=1S/C10H23NO2S/c1-11(2,3)5-7-13-9-8-12-6-4-10-14/h4-10H2,1-3H3/p+1. The van der Waals surface area contributed by atoms with Crippen LogP contribution in [0.5, 0.6) is 0 Å². The van der Waals surface area contributed by atoms with Crippen molar-refractivity contribution in [3.05, 3.63) is 0 Å². The Balaban J connectivity index is 2.99. The van der Waals surface area contributed by atoms with Crippen molar-refractivity contribution in [3.8, 4) is 0 Å². The van der Waals surface area contributed by atoms with Crippen molar-refractivity contribution in [2.24, 2.45) is 0 Å². The number of likely N-dealkylation sites (N-methyl/N-ethyl adjacent to an activating group) is 1. The molecular weight excluding hydrogens is 198 g/mol. The molecule has 0 aliphatic carbocycles. The van der Waals surface area contributed by atoms with E-state index >= 15 is 0 Å². The molecule has 0 spiro atoms. The molecule has 0 aliphatic rings. The second-order valence-corrected chi connectivity index (χ2v) is 4.76. The van der Waals surface area contributed by atoms with Gasteiger partial charge in [-0.1, -0.05) is 0 Å². The molecule has 0 aromatic heterocycles. The molecule has 0 aliphatic heterocycles. The number of nitrogens with zero attached hydrogens (tertiary/aromatic N) is 1. The summed E-state index contributed by atoms with van der Waals surface area (Å²) in [4.78, 5) is 0. The van der Waals surface area contributed by atoms with Crippen LogP contribution >= 0.6 is 12.6 Å². The zero-order chi connectivity index (χ0) is 10.9. The maximum atomic E-state index is 5.43. The minimum absolute atomic E-state index is 0.699. The summed E-state index contributed by atoms with van der Waals surface area (Å²) in [6.07, 6.45) is 1.02. The van der Waals surface area contributed by atoms with Gasteiger partial charge < -0.3 is 14.0 Å². The van der Waals surface area contributed by atoms with Crippen molar-refractivity contribution in [2.75, 3.05) is 59.9 Å². The van der Waals surface area contributed by atoms with Gasteiger partial charge in [-0.25, -0.2) is 0 Å². The first-order valence-electron chi connectivity index (χ1n) is 5.13. The molecule has 0 aromatic carbocycles. The predicted octanol–water partition coefficient (Wildman–Crippen LogP) is 1.05. The van der Waals surface area contributed by atoms with Gasteiger partial charge in [0.15, 0.2) is 0 Å². The molecule has 0 unspecified atom stereocenters. The summed E-state index contributed by atoms with van der Waals surface area (Å²) in [6, 6.07) is 0. The number of thiol groups is 1. The molecule has 0 heterocycles. The van der Waals surface area contributed by atoms with Crippen LogP contribution in [0.3, 0.4) is 0 Å². The molecule has 0 radical (unpaired) electrons. The molecule has 86 valence electrons. The molecular formula is C10H24NO2S+. The van der Waals surface area contributed by atoms with Gasteiger partial charge in [0, 0.05) is 6.61 Å². The third-order valence-electron chi connectivity index (χ3n) is 1.73. The summed E-state index contributed by atoms with van der Waals surface area (Å²) in [5.74, 6) is 0.891. The maximum Gasteiger partial charge on any atom is 0.102 e. The van der Waals surface area contributed by atoms with E-state index in [4.69, 9.17) is 9.47 Å². The minimum Gasteiger partial charge on any atom is -0.379 e. The fourth-order valence-corrected chi connectivity index (χ4v) is 0.956. The number of hydrogen-bond donors (Lipinski definition) is 1. The van der Waals surface area contributed by atoms with Gasteiger partial charge >= 0.3 is 0 Å². The SMILES string of the molecule is C[N+](C)(C)CCOCCOCCCS. The van der Waals surface area contributed by atoms with Crippen molar-refractivity contribution in [2.45, 2.75) is 6.42 Å². The normalized spacial score (nSPS) is 12.0. The summed E-state index contributed by atoms with van der Waals surface area (Å²) in [5.41, 5.74) is 0. The fourth-order valence-electron chi connectivity index (χ4n) is 0.827. The Hall–Kier alpha value is 0.230. The van der Waals surface area contributed by atoms with Crippen LogP contribution < -0.4 is 0 Å². The van der Waals surface area contributed by atoms with E-state index in [0.29, 0.717) is 13.2 Å². The van der Waals surface area contributed by atoms with E-state index < -0.39 is 0 Å². The van der Waals surface area contributed by atoms with Gasteiger partial charge in [0.05, 0.1) is 41.0 Å². The van der Waals surface area contributed by atoms with Crippen molar-refractivity contribution in [1.29, 1.82) is 0 Å². The Morgan fingerprint density at radius 3 is 2.00 bits per heavy atom. The minimum atomic E-state index is 0.699. The second-order valence-electron chi connectivity index (χ2n) is 4.32. The summed E-state index contributed by atoms with van der Waals surface area (Å²) >= 11 is 4.10. The highest BCUT2D eigenvalue weighted by Crippen LogP contribution is 1.90. The molecule has 0 saturated carbocycles. The highest BCUT2D eigenvalue weighted by Gasteiger charge is 2.05. The first-order valence-corrected chi connectivity index (χ1v) is 5.76. The average Bonchev–Trinajstić information content (AvgIpc) is 2.08. The van der Waals surface area contributed by atoms with Gasteiger partial charge in [0.25, 0.3) is 0 Å². The Labute approximate surface area is 93.4 Å². The van der Waals surface area contributed by atoms with Crippen molar-refractivity contribution in [3.63, 3.8) is 0 Å². The zero-order valence-electron chi connectivity index (χ0n) is 9.66. The fraction of sp³-hybridized carbons (Fsp3) is 1.00. The first kappa shape index (κ1) is 14.2. The smallest absolute Gasteiger partial charge is 0.102 e. The lowest BCUT2D eigenvalue weighted by Crippen LogP contribution is -2.37. The lowest BCUT2D eigenvalue weighted by atomic mass is 10.5. The van der Waals surface area contributed by atoms with E-state index in [-0.39, 0.29) is 0 Å². The van der Waals surface area contributed by atoms with Crippen LogP contribution in [0, 0.1) is 0 Å². The van der Waals surface area contributed by atoms with Crippen molar-refractivity contribution in [1.82, 2.24) is 0 Å². The van der Waals surface area contributed by atoms with Crippen LogP contribution in [0.1, 0.15) is 6.42 Å². The third-order valence-corrected chi connectivity index (χ3v) is 2.04. The van der Waals surface area contributed by atoms with Crippen LogP contribution in [-0.2, 0) is 9.47 Å². The Kier molecular flexibility index (Phi) is 8.67. The molecule has 3 nitrogen and oxygen atoms in total. The van der Waals surface area contributed by atoms with Crippen LogP contribution in [0.25, 0.3) is 0 Å². The monoisotopic (exact) mass is 222 g/mol. The molecule has 0 N–H and O–H groups in total. The van der Waals surface area contributed by atoms with Crippen LogP contribution in [0.2, 0.25) is 0 Å². The molecule has 4 heteroatoms. The quantitative estimate of drug-likeness (QED) is 0.357. The Morgan fingerprint density at radius 1 is 0.929 bits per heavy atom. The molecule has 14 heavy (non-hydrogen) atoms. The topological polar surface area (TPSA) is 18.5 Å². The van der Waals surface area contributed by atoms with Gasteiger partial charge in [-0.15, -0.1) is 0 Å². The number of rotatable bonds is 9. The summed E-state index contributed by atoms with van der Waals surface area (Å²) in [7, 11) is 6.48. The van der Waals surface area contributed by atoms with E-state index in [2.05, 4.69) is 33.8 Å². The molecule has 0 atom stereocenters. The van der Waals surface area contributed by atoms with Gasteiger partial charge in [-0.2, -0.15) is 12.6 Å². The highest BCUT2D eigenvalue weighted by atomic mass is 32.1. The van der Waals surface area contributed by atoms with E-state index in [9.17, 15) is 0 Å². The average molecular weight is 222 g/mol. The summed E-state index contributed by atoms with van der Waals surface area (Å²) in [5, 5.41) is 0. The van der Waals surface area contributed by atoms with Crippen LogP contribution in [0.15, 0.2) is 0 Å². The third kappa shape index (κ3) is 12.2. The van der Waals surface area contributed by atoms with E-state index in [1.54, 1.807) is 0 Å². The second kappa shape index (κ2) is 8.53. The number of hydrogen-bond acceptors (Lipinski definition) is 3. The van der Waals surface area contributed by atoms with Gasteiger partial charge in [0.1, 0.15) is 6.54 Å². The largest absolute Gasteiger partial charge is 0.379 e. The predicted molar refractivity (Wildman–Crippen MR) is 63.0 cm³/mol. The van der Waals surface area contributed by atoms with Crippen LogP contribution in [-0.4, -0.2) is 64.4 Å². The molecule has 0 amide bonds. The van der Waals surface area contributed by atoms with Gasteiger partial charge in [-0.3, -0.25) is 0 Å². The lowest BCUT2D eigenvalue weighted by molar-refractivity contribution is -0.870. The molecule has 0 fully saturated rings. The number of quaternary nitrogens is 1. The maximum absolute atomic E-state index is 5.43.